The Balaban J connectivity index is 2.27. The molecule has 0 bridgehead atoms. The van der Waals surface area contributed by atoms with E-state index in [9.17, 15) is 4.79 Å². The molecule has 1 N–H and O–H groups in total. The number of hydrogen-bond donors (Lipinski definition) is 1. The van der Waals surface area contributed by atoms with Gasteiger partial charge in [-0.2, -0.15) is 0 Å². The first kappa shape index (κ1) is 15.5. The van der Waals surface area contributed by atoms with Crippen LogP contribution in [0.15, 0.2) is 0 Å². The minimum Gasteiger partial charge on any atom is -0.343 e. The predicted molar refractivity (Wildman–Crippen MR) is 76.6 cm³/mol. The molecule has 0 spiro atoms. The lowest BCUT2D eigenvalue weighted by Gasteiger charge is -2.27. The number of hydrogen-bond acceptors (Lipinski definition) is 2. The molecule has 2 unspecified atom stereocenters. The molecule has 18 heavy (non-hydrogen) atoms. The van der Waals surface area contributed by atoms with Gasteiger partial charge in [-0.3, -0.25) is 4.79 Å². The summed E-state index contributed by atoms with van der Waals surface area (Å²) in [5.74, 6) is 0.951. The van der Waals surface area contributed by atoms with Crippen LogP contribution < -0.4 is 5.32 Å². The lowest BCUT2D eigenvalue weighted by atomic mass is 10.00. The topological polar surface area (TPSA) is 32.3 Å². The molecule has 1 fully saturated rings. The van der Waals surface area contributed by atoms with Gasteiger partial charge in [0, 0.05) is 25.6 Å². The van der Waals surface area contributed by atoms with Gasteiger partial charge in [-0.25, -0.2) is 0 Å². The molecular weight excluding hydrogens is 224 g/mol. The van der Waals surface area contributed by atoms with Gasteiger partial charge in [0.15, 0.2) is 0 Å². The highest BCUT2D eigenvalue weighted by Crippen LogP contribution is 2.13. The Kier molecular flexibility index (Phi) is 7.33. The van der Waals surface area contributed by atoms with E-state index >= 15 is 0 Å². The van der Waals surface area contributed by atoms with Crippen LogP contribution in [0.3, 0.4) is 0 Å². The van der Waals surface area contributed by atoms with Gasteiger partial charge in [0.2, 0.25) is 5.91 Å². The van der Waals surface area contributed by atoms with Crippen LogP contribution in [0.1, 0.15) is 59.3 Å². The summed E-state index contributed by atoms with van der Waals surface area (Å²) in [5, 5.41) is 3.51. The third-order valence-electron chi connectivity index (χ3n) is 4.08. The zero-order chi connectivity index (χ0) is 13.4. The molecule has 2 atom stereocenters. The van der Waals surface area contributed by atoms with Gasteiger partial charge in [-0.1, -0.05) is 26.7 Å². The number of rotatable bonds is 7. The average molecular weight is 254 g/mol. The van der Waals surface area contributed by atoms with Crippen LogP contribution in [0.2, 0.25) is 0 Å². The van der Waals surface area contributed by atoms with E-state index in [0.717, 1.165) is 32.5 Å². The SMILES string of the molecule is CCC(C)CN(CC)C(=O)CCC1CCCCN1. The van der Waals surface area contributed by atoms with E-state index in [-0.39, 0.29) is 0 Å². The normalized spacial score (nSPS) is 21.6. The molecule has 1 rings (SSSR count). The second-order valence-corrected chi connectivity index (χ2v) is 5.63. The predicted octanol–water partition coefficient (Wildman–Crippen LogP) is 2.80. The van der Waals surface area contributed by atoms with Crippen molar-refractivity contribution in [3.05, 3.63) is 0 Å². The summed E-state index contributed by atoms with van der Waals surface area (Å²) in [6, 6.07) is 0.574. The summed E-state index contributed by atoms with van der Waals surface area (Å²) in [5.41, 5.74) is 0. The Labute approximate surface area is 112 Å². The molecule has 1 aliphatic heterocycles. The molecule has 0 saturated carbocycles. The Morgan fingerprint density at radius 3 is 2.72 bits per heavy atom. The summed E-state index contributed by atoms with van der Waals surface area (Å²) in [7, 11) is 0. The van der Waals surface area contributed by atoms with Crippen molar-refractivity contribution >= 4 is 5.91 Å². The van der Waals surface area contributed by atoms with Gasteiger partial charge < -0.3 is 10.2 Å². The molecule has 1 amide bonds. The zero-order valence-electron chi connectivity index (χ0n) is 12.4. The van der Waals surface area contributed by atoms with Crippen molar-refractivity contribution in [2.45, 2.75) is 65.3 Å². The first-order chi connectivity index (χ1) is 8.67. The van der Waals surface area contributed by atoms with Crippen LogP contribution in [-0.2, 0) is 4.79 Å². The Morgan fingerprint density at radius 1 is 1.39 bits per heavy atom. The summed E-state index contributed by atoms with van der Waals surface area (Å²) in [6.45, 7) is 9.39. The summed E-state index contributed by atoms with van der Waals surface area (Å²) < 4.78 is 0. The molecule has 3 heteroatoms. The van der Waals surface area contributed by atoms with Crippen molar-refractivity contribution in [2.75, 3.05) is 19.6 Å². The molecule has 0 aliphatic carbocycles. The molecule has 106 valence electrons. The molecule has 1 heterocycles. The van der Waals surface area contributed by atoms with Crippen LogP contribution in [0.25, 0.3) is 0 Å². The molecule has 1 saturated heterocycles. The third kappa shape index (κ3) is 5.38. The van der Waals surface area contributed by atoms with E-state index in [1.54, 1.807) is 0 Å². The number of piperidine rings is 1. The van der Waals surface area contributed by atoms with E-state index in [4.69, 9.17) is 0 Å². The molecule has 1 aliphatic rings. The first-order valence-corrected chi connectivity index (χ1v) is 7.68. The zero-order valence-corrected chi connectivity index (χ0v) is 12.4. The van der Waals surface area contributed by atoms with Crippen molar-refractivity contribution < 1.29 is 4.79 Å². The standard InChI is InChI=1S/C15H30N2O/c1-4-13(3)12-17(5-2)15(18)10-9-14-8-6-7-11-16-14/h13-14,16H,4-12H2,1-3H3. The molecule has 0 radical (unpaired) electrons. The smallest absolute Gasteiger partial charge is 0.222 e. The molecule has 0 aromatic rings. The quantitative estimate of drug-likeness (QED) is 0.757. The van der Waals surface area contributed by atoms with E-state index in [1.165, 1.54) is 19.3 Å². The van der Waals surface area contributed by atoms with Crippen molar-refractivity contribution in [3.63, 3.8) is 0 Å². The third-order valence-corrected chi connectivity index (χ3v) is 4.08. The van der Waals surface area contributed by atoms with Crippen LogP contribution in [0.4, 0.5) is 0 Å². The van der Waals surface area contributed by atoms with Gasteiger partial charge in [-0.05, 0) is 38.6 Å². The van der Waals surface area contributed by atoms with Gasteiger partial charge in [0.1, 0.15) is 0 Å². The molecule has 3 nitrogen and oxygen atoms in total. The maximum atomic E-state index is 12.2. The highest BCUT2D eigenvalue weighted by molar-refractivity contribution is 5.76. The van der Waals surface area contributed by atoms with E-state index in [0.29, 0.717) is 24.3 Å². The van der Waals surface area contributed by atoms with Crippen LogP contribution in [0, 0.1) is 5.92 Å². The van der Waals surface area contributed by atoms with Crippen LogP contribution in [0.5, 0.6) is 0 Å². The van der Waals surface area contributed by atoms with E-state index in [2.05, 4.69) is 26.1 Å². The maximum absolute atomic E-state index is 12.2. The van der Waals surface area contributed by atoms with Crippen molar-refractivity contribution in [3.8, 4) is 0 Å². The fourth-order valence-corrected chi connectivity index (χ4v) is 2.54. The minimum absolute atomic E-state index is 0.338. The molecule has 0 aromatic carbocycles. The fraction of sp³-hybridized carbons (Fsp3) is 0.933. The van der Waals surface area contributed by atoms with Crippen molar-refractivity contribution in [1.82, 2.24) is 10.2 Å². The Hall–Kier alpha value is -0.570. The molecular formula is C15H30N2O. The number of nitrogens with one attached hydrogen (secondary N) is 1. The second-order valence-electron chi connectivity index (χ2n) is 5.63. The monoisotopic (exact) mass is 254 g/mol. The number of amides is 1. The lowest BCUT2D eigenvalue weighted by molar-refractivity contribution is -0.131. The largest absolute Gasteiger partial charge is 0.343 e. The lowest BCUT2D eigenvalue weighted by Crippen LogP contribution is -2.38. The van der Waals surface area contributed by atoms with E-state index in [1.807, 2.05) is 4.90 Å². The summed E-state index contributed by atoms with van der Waals surface area (Å²) >= 11 is 0. The maximum Gasteiger partial charge on any atom is 0.222 e. The fourth-order valence-electron chi connectivity index (χ4n) is 2.54. The van der Waals surface area contributed by atoms with Gasteiger partial charge >= 0.3 is 0 Å². The Bertz CT molecular complexity index is 237. The summed E-state index contributed by atoms with van der Waals surface area (Å²) in [4.78, 5) is 14.2. The first-order valence-electron chi connectivity index (χ1n) is 7.68. The van der Waals surface area contributed by atoms with E-state index < -0.39 is 0 Å². The highest BCUT2D eigenvalue weighted by atomic mass is 16.2. The molecule has 0 aromatic heterocycles. The van der Waals surface area contributed by atoms with Crippen LogP contribution in [-0.4, -0.2) is 36.5 Å². The van der Waals surface area contributed by atoms with Crippen molar-refractivity contribution in [1.29, 1.82) is 0 Å². The second kappa shape index (κ2) is 8.52. The van der Waals surface area contributed by atoms with Crippen LogP contribution >= 0.6 is 0 Å². The number of carbonyl (C=O) groups is 1. The van der Waals surface area contributed by atoms with Gasteiger partial charge in [0.25, 0.3) is 0 Å². The number of carbonyl (C=O) groups excluding carboxylic acids is 1. The summed E-state index contributed by atoms with van der Waals surface area (Å²) in [6.07, 6.45) is 6.71. The highest BCUT2D eigenvalue weighted by Gasteiger charge is 2.17. The minimum atomic E-state index is 0.338. The van der Waals surface area contributed by atoms with Crippen molar-refractivity contribution in [2.24, 2.45) is 5.92 Å². The number of nitrogens with zero attached hydrogens (tertiary/aromatic N) is 1. The Morgan fingerprint density at radius 2 is 2.17 bits per heavy atom. The van der Waals surface area contributed by atoms with Gasteiger partial charge in [0.05, 0.1) is 0 Å². The average Bonchev–Trinajstić information content (AvgIpc) is 2.42. The van der Waals surface area contributed by atoms with Gasteiger partial charge in [-0.15, -0.1) is 0 Å².